The van der Waals surface area contributed by atoms with Crippen LogP contribution in [-0.2, 0) is 29.3 Å². The second-order valence-corrected chi connectivity index (χ2v) is 9.11. The van der Waals surface area contributed by atoms with Crippen molar-refractivity contribution in [3.05, 3.63) is 71.7 Å². The molecule has 11 nitrogen and oxygen atoms in total. The number of nitrogens with one attached hydrogen (secondary N) is 1. The maximum atomic E-state index is 13.8. The molecule has 1 N–H and O–H groups in total. The number of rotatable bonds is 4. The Morgan fingerprint density at radius 2 is 2.10 bits per heavy atom. The van der Waals surface area contributed by atoms with Gasteiger partial charge in [-0.1, -0.05) is 0 Å². The molecule has 13 heteroatoms. The van der Waals surface area contributed by atoms with Gasteiger partial charge in [0.05, 0.1) is 33.9 Å². The number of halogens is 1. The summed E-state index contributed by atoms with van der Waals surface area (Å²) in [5.41, 5.74) is -1.39. The number of nitro benzene ring substituents is 1. The fourth-order valence-electron chi connectivity index (χ4n) is 3.48. The van der Waals surface area contributed by atoms with Gasteiger partial charge in [0.1, 0.15) is 5.82 Å². The zero-order valence-electron chi connectivity index (χ0n) is 16.0. The van der Waals surface area contributed by atoms with E-state index in [0.717, 1.165) is 18.6 Å². The van der Waals surface area contributed by atoms with Crippen molar-refractivity contribution >= 4 is 26.5 Å². The predicted octanol–water partition coefficient (Wildman–Crippen LogP) is 0.885. The second kappa shape index (κ2) is 7.35. The van der Waals surface area contributed by atoms with E-state index in [-0.39, 0.29) is 41.6 Å². The predicted molar refractivity (Wildman–Crippen MR) is 105 cm³/mol. The van der Waals surface area contributed by atoms with Gasteiger partial charge >= 0.3 is 5.69 Å². The van der Waals surface area contributed by atoms with Crippen LogP contribution in [0.15, 0.2) is 37.6 Å². The smallest absolute Gasteiger partial charge is 0.315 e. The maximum Gasteiger partial charge on any atom is 0.315 e. The topological polar surface area (TPSA) is 156 Å². The van der Waals surface area contributed by atoms with Crippen molar-refractivity contribution in [2.24, 2.45) is 0 Å². The van der Waals surface area contributed by atoms with Gasteiger partial charge in [-0.05, 0) is 6.07 Å². The van der Waals surface area contributed by atoms with Gasteiger partial charge in [-0.3, -0.25) is 29.6 Å². The summed E-state index contributed by atoms with van der Waals surface area (Å²) in [4.78, 5) is 43.4. The molecule has 3 aromatic rings. The summed E-state index contributed by atoms with van der Waals surface area (Å²) >= 11 is 0. The van der Waals surface area contributed by atoms with E-state index in [1.54, 1.807) is 4.90 Å². The molecule has 0 bridgehead atoms. The lowest BCUT2D eigenvalue weighted by atomic mass is 10.1. The largest absolute Gasteiger partial charge is 0.456 e. The zero-order valence-corrected chi connectivity index (χ0v) is 16.9. The van der Waals surface area contributed by atoms with Crippen LogP contribution in [0.25, 0.3) is 11.0 Å². The van der Waals surface area contributed by atoms with Gasteiger partial charge in [-0.2, -0.15) is 0 Å². The highest BCUT2D eigenvalue weighted by Gasteiger charge is 2.25. The number of hydrogen-bond acceptors (Lipinski definition) is 9. The van der Waals surface area contributed by atoms with Crippen LogP contribution in [0, 0.1) is 15.9 Å². The molecule has 0 saturated heterocycles. The van der Waals surface area contributed by atoms with Crippen LogP contribution in [0.3, 0.4) is 0 Å². The molecule has 3 heterocycles. The van der Waals surface area contributed by atoms with Crippen molar-refractivity contribution in [2.75, 3.05) is 12.8 Å². The van der Waals surface area contributed by atoms with Crippen molar-refractivity contribution in [3.63, 3.8) is 0 Å². The van der Waals surface area contributed by atoms with Gasteiger partial charge in [0, 0.05) is 37.9 Å². The fourth-order valence-corrected chi connectivity index (χ4v) is 4.04. The minimum absolute atomic E-state index is 0.0370. The molecule has 4 rings (SSSR count). The van der Waals surface area contributed by atoms with Crippen LogP contribution in [0.1, 0.15) is 16.8 Å². The lowest BCUT2D eigenvalue weighted by Crippen LogP contribution is -2.37. The third-order valence-electron chi connectivity index (χ3n) is 4.96. The van der Waals surface area contributed by atoms with Gasteiger partial charge in [0.25, 0.3) is 5.56 Å². The molecule has 2 aromatic heterocycles. The Morgan fingerprint density at radius 1 is 1.35 bits per heavy atom. The molecule has 0 atom stereocenters. The molecule has 0 unspecified atom stereocenters. The highest BCUT2D eigenvalue weighted by Crippen LogP contribution is 2.26. The number of H-pyrrole nitrogens is 1. The van der Waals surface area contributed by atoms with Crippen LogP contribution in [0.5, 0.6) is 0 Å². The van der Waals surface area contributed by atoms with Gasteiger partial charge in [-0.25, -0.2) is 17.8 Å². The molecule has 0 aliphatic carbocycles. The lowest BCUT2D eigenvalue weighted by Gasteiger charge is -2.27. The summed E-state index contributed by atoms with van der Waals surface area (Å²) in [7, 11) is -3.67. The molecule has 0 spiro atoms. The first-order valence-corrected chi connectivity index (χ1v) is 10.9. The molecular weight excluding hydrogens is 435 g/mol. The van der Waals surface area contributed by atoms with Crippen LogP contribution in [-0.4, -0.2) is 41.0 Å². The summed E-state index contributed by atoms with van der Waals surface area (Å²) in [6.07, 6.45) is 2.31. The van der Waals surface area contributed by atoms with E-state index in [1.165, 1.54) is 0 Å². The van der Waals surface area contributed by atoms with Crippen molar-refractivity contribution in [1.29, 1.82) is 0 Å². The Hall–Kier alpha value is -3.45. The molecular formula is C18H15FN4O7S. The Balaban J connectivity index is 1.67. The summed E-state index contributed by atoms with van der Waals surface area (Å²) in [6.45, 7) is 0.505. The van der Waals surface area contributed by atoms with Gasteiger partial charge in [0.15, 0.2) is 5.43 Å². The van der Waals surface area contributed by atoms with Crippen LogP contribution >= 0.6 is 0 Å². The Labute approximate surface area is 173 Å². The van der Waals surface area contributed by atoms with Gasteiger partial charge in [0.2, 0.25) is 20.6 Å². The quantitative estimate of drug-likeness (QED) is 0.346. The number of aromatic nitrogens is 2. The van der Waals surface area contributed by atoms with Crippen molar-refractivity contribution < 1.29 is 22.1 Å². The number of benzene rings is 1. The van der Waals surface area contributed by atoms with Crippen LogP contribution in [0.4, 0.5) is 10.1 Å². The van der Waals surface area contributed by atoms with Crippen LogP contribution in [0.2, 0.25) is 0 Å². The molecule has 1 aromatic carbocycles. The average Bonchev–Trinajstić information content (AvgIpc) is 2.69. The highest BCUT2D eigenvalue weighted by molar-refractivity contribution is 7.90. The molecule has 1 aliphatic heterocycles. The fraction of sp³-hybridized carbons (Fsp3) is 0.278. The van der Waals surface area contributed by atoms with Crippen molar-refractivity contribution in [3.8, 4) is 0 Å². The minimum atomic E-state index is -3.67. The Bertz CT molecular complexity index is 1460. The molecule has 162 valence electrons. The first-order chi connectivity index (χ1) is 14.5. The number of sulfone groups is 1. The number of nitrogens with zero attached hydrogens (tertiary/aromatic N) is 3. The normalized spacial score (nSPS) is 14.5. The molecule has 0 amide bonds. The lowest BCUT2D eigenvalue weighted by molar-refractivity contribution is -0.383. The summed E-state index contributed by atoms with van der Waals surface area (Å²) < 4.78 is 42.4. The molecule has 0 radical (unpaired) electrons. The summed E-state index contributed by atoms with van der Waals surface area (Å²) in [6, 6.07) is 1.56. The first-order valence-electron chi connectivity index (χ1n) is 8.97. The number of non-ortho nitro benzene ring substituents is 1. The van der Waals surface area contributed by atoms with Crippen molar-refractivity contribution in [2.45, 2.75) is 24.7 Å². The minimum Gasteiger partial charge on any atom is -0.456 e. The third-order valence-corrected chi connectivity index (χ3v) is 5.85. The molecule has 1 aliphatic rings. The van der Waals surface area contributed by atoms with Gasteiger partial charge < -0.3 is 4.42 Å². The number of fused-ring (bicyclic) bond motifs is 2. The molecule has 0 fully saturated rings. The number of nitro groups is 1. The summed E-state index contributed by atoms with van der Waals surface area (Å²) in [5.74, 6) is -0.935. The highest BCUT2D eigenvalue weighted by atomic mass is 32.2. The van der Waals surface area contributed by atoms with Crippen molar-refractivity contribution in [1.82, 2.24) is 14.9 Å². The van der Waals surface area contributed by atoms with Gasteiger partial charge in [-0.15, -0.1) is 0 Å². The summed E-state index contributed by atoms with van der Waals surface area (Å²) in [5, 5.41) is 10.5. The van der Waals surface area contributed by atoms with E-state index in [2.05, 4.69) is 9.97 Å². The van der Waals surface area contributed by atoms with E-state index < -0.39 is 42.4 Å². The third kappa shape index (κ3) is 3.84. The SMILES string of the molecule is CS(=O)(=O)c1nc2c(c(=O)[nH]1)CN(Cc1coc3c([N+](=O)[O-])cc(F)cc3c1=O)CC2. The molecule has 0 saturated carbocycles. The molecule has 31 heavy (non-hydrogen) atoms. The van der Waals surface area contributed by atoms with E-state index in [4.69, 9.17) is 4.42 Å². The maximum absolute atomic E-state index is 13.8. The second-order valence-electron chi connectivity index (χ2n) is 7.18. The van der Waals surface area contributed by atoms with Crippen LogP contribution < -0.4 is 11.0 Å². The van der Waals surface area contributed by atoms with E-state index in [1.807, 2.05) is 0 Å². The monoisotopic (exact) mass is 450 g/mol. The zero-order chi connectivity index (χ0) is 22.5. The Kier molecular flexibility index (Phi) is 4.94. The van der Waals surface area contributed by atoms with E-state index >= 15 is 0 Å². The average molecular weight is 450 g/mol. The Morgan fingerprint density at radius 3 is 2.77 bits per heavy atom. The standard InChI is InChI=1S/C18H15FN4O7S/c1-31(28,29)18-20-13-2-3-22(7-12(13)17(25)21-18)6-9-8-30-16-11(15(9)24)4-10(19)5-14(16)23(26)27/h4-5,8H,2-3,6-7H2,1H3,(H,20,21,25). The van der Waals surface area contributed by atoms with E-state index in [0.29, 0.717) is 18.3 Å². The number of aromatic amines is 1. The first kappa shape index (κ1) is 20.8. The number of hydrogen-bond donors (Lipinski definition) is 1. The van der Waals surface area contributed by atoms with E-state index in [9.17, 15) is 32.5 Å².